The predicted octanol–water partition coefficient (Wildman–Crippen LogP) is 7.58. The number of hydrogen-bond donors (Lipinski definition) is 0. The Kier molecular flexibility index (Phi) is 10.6. The lowest BCUT2D eigenvalue weighted by atomic mass is 9.86. The van der Waals surface area contributed by atoms with Gasteiger partial charge in [-0.15, -0.1) is 0 Å². The quantitative estimate of drug-likeness (QED) is 0.320. The molecule has 0 bridgehead atoms. The Morgan fingerprint density at radius 3 is 2.22 bits per heavy atom. The molecule has 0 saturated carbocycles. The molecule has 0 spiro atoms. The second-order valence-electron chi connectivity index (χ2n) is 8.34. The minimum atomic E-state index is 0.419. The summed E-state index contributed by atoms with van der Waals surface area (Å²) >= 11 is 6.54. The van der Waals surface area contributed by atoms with E-state index in [-0.39, 0.29) is 0 Å². The van der Waals surface area contributed by atoms with Crippen molar-refractivity contribution < 1.29 is 4.74 Å². The van der Waals surface area contributed by atoms with Crippen LogP contribution in [0.15, 0.2) is 12.1 Å². The van der Waals surface area contributed by atoms with Gasteiger partial charge in [0.25, 0.3) is 0 Å². The van der Waals surface area contributed by atoms with Gasteiger partial charge in [-0.2, -0.15) is 0 Å². The zero-order valence-corrected chi connectivity index (χ0v) is 18.6. The topological polar surface area (TPSA) is 12.5 Å². The second kappa shape index (κ2) is 12.7. The van der Waals surface area contributed by atoms with Crippen LogP contribution in [0.25, 0.3) is 0 Å². The molecule has 27 heavy (non-hydrogen) atoms. The Morgan fingerprint density at radius 2 is 1.59 bits per heavy atom. The highest BCUT2D eigenvalue weighted by atomic mass is 35.5. The number of unbranched alkanes of at least 4 members (excludes halogenated alkanes) is 9. The summed E-state index contributed by atoms with van der Waals surface area (Å²) in [5.74, 6) is 1.07. The fourth-order valence-electron chi connectivity index (χ4n) is 4.27. The Balaban J connectivity index is 1.69. The van der Waals surface area contributed by atoms with E-state index in [2.05, 4.69) is 32.0 Å². The van der Waals surface area contributed by atoms with Crippen molar-refractivity contribution in [3.8, 4) is 5.75 Å². The normalized spacial score (nSPS) is 16.6. The fraction of sp³-hybridized carbons (Fsp3) is 0.750. The van der Waals surface area contributed by atoms with Crippen LogP contribution in [-0.2, 0) is 6.42 Å². The molecule has 0 saturated heterocycles. The summed E-state index contributed by atoms with van der Waals surface area (Å²) in [7, 11) is 4.29. The summed E-state index contributed by atoms with van der Waals surface area (Å²) in [4.78, 5) is 2.29. The standard InChI is InChI=1S/C24H40ClNO/c1-4-5-6-7-8-9-10-11-12-13-19-27-23-18-17-21(25)24-20(23)15-14-16-22(24)26(2)3/h17-18,22H,4-16,19H2,1-3H3. The van der Waals surface area contributed by atoms with Crippen LogP contribution in [0.1, 0.15) is 101 Å². The summed E-state index contributed by atoms with van der Waals surface area (Å²) in [6, 6.07) is 4.52. The number of benzene rings is 1. The maximum Gasteiger partial charge on any atom is 0.122 e. The average Bonchev–Trinajstić information content (AvgIpc) is 2.67. The highest BCUT2D eigenvalue weighted by Gasteiger charge is 2.26. The van der Waals surface area contributed by atoms with E-state index in [0.717, 1.165) is 30.2 Å². The van der Waals surface area contributed by atoms with Gasteiger partial charge in [0.1, 0.15) is 5.75 Å². The van der Waals surface area contributed by atoms with E-state index in [1.165, 1.54) is 81.8 Å². The van der Waals surface area contributed by atoms with E-state index in [9.17, 15) is 0 Å². The highest BCUT2D eigenvalue weighted by Crippen LogP contribution is 2.41. The van der Waals surface area contributed by atoms with E-state index < -0.39 is 0 Å². The van der Waals surface area contributed by atoms with Crippen LogP contribution in [0.4, 0.5) is 0 Å². The first-order chi connectivity index (χ1) is 13.1. The molecule has 0 aromatic heterocycles. The molecule has 2 nitrogen and oxygen atoms in total. The summed E-state index contributed by atoms with van der Waals surface area (Å²) in [6.45, 7) is 3.11. The van der Waals surface area contributed by atoms with Crippen molar-refractivity contribution >= 4 is 11.6 Å². The number of hydrogen-bond acceptors (Lipinski definition) is 2. The van der Waals surface area contributed by atoms with E-state index in [1.807, 2.05) is 6.07 Å². The third-order valence-corrected chi connectivity index (χ3v) is 6.21. The van der Waals surface area contributed by atoms with Crippen LogP contribution in [-0.4, -0.2) is 25.6 Å². The molecule has 154 valence electrons. The molecule has 1 aromatic carbocycles. The molecule has 1 aromatic rings. The summed E-state index contributed by atoms with van der Waals surface area (Å²) in [5, 5.41) is 0.898. The summed E-state index contributed by atoms with van der Waals surface area (Å²) in [6.07, 6.45) is 17.1. The SMILES string of the molecule is CCCCCCCCCCCCOc1ccc(Cl)c2c1CCCC2N(C)C. The van der Waals surface area contributed by atoms with Crippen LogP contribution in [0.3, 0.4) is 0 Å². The Morgan fingerprint density at radius 1 is 0.963 bits per heavy atom. The van der Waals surface area contributed by atoms with Gasteiger partial charge in [-0.25, -0.2) is 0 Å². The molecule has 0 aliphatic heterocycles. The van der Waals surface area contributed by atoms with Crippen LogP contribution in [0.2, 0.25) is 5.02 Å². The van der Waals surface area contributed by atoms with Crippen molar-refractivity contribution in [2.75, 3.05) is 20.7 Å². The van der Waals surface area contributed by atoms with Crippen LogP contribution in [0, 0.1) is 0 Å². The van der Waals surface area contributed by atoms with E-state index in [0.29, 0.717) is 6.04 Å². The lowest BCUT2D eigenvalue weighted by Crippen LogP contribution is -2.25. The zero-order valence-electron chi connectivity index (χ0n) is 17.9. The molecule has 3 heteroatoms. The summed E-state index contributed by atoms with van der Waals surface area (Å²) in [5.41, 5.74) is 2.65. The molecule has 1 unspecified atom stereocenters. The van der Waals surface area contributed by atoms with Crippen molar-refractivity contribution in [2.45, 2.75) is 96.4 Å². The van der Waals surface area contributed by atoms with Crippen molar-refractivity contribution in [3.05, 3.63) is 28.3 Å². The summed E-state index contributed by atoms with van der Waals surface area (Å²) < 4.78 is 6.18. The number of nitrogens with zero attached hydrogens (tertiary/aromatic N) is 1. The second-order valence-corrected chi connectivity index (χ2v) is 8.75. The van der Waals surface area contributed by atoms with Gasteiger partial charge < -0.3 is 9.64 Å². The van der Waals surface area contributed by atoms with E-state index >= 15 is 0 Å². The average molecular weight is 394 g/mol. The van der Waals surface area contributed by atoms with Crippen LogP contribution in [0.5, 0.6) is 5.75 Å². The first-order valence-electron chi connectivity index (χ1n) is 11.3. The molecule has 0 amide bonds. The number of halogens is 1. The molecular weight excluding hydrogens is 354 g/mol. The molecule has 1 aliphatic rings. The molecule has 2 rings (SSSR count). The van der Waals surface area contributed by atoms with Crippen molar-refractivity contribution in [3.63, 3.8) is 0 Å². The first kappa shape index (κ1) is 22.6. The molecule has 0 fully saturated rings. The molecule has 1 aliphatic carbocycles. The lowest BCUT2D eigenvalue weighted by molar-refractivity contribution is 0.260. The highest BCUT2D eigenvalue weighted by molar-refractivity contribution is 6.31. The number of rotatable bonds is 13. The molecular formula is C24H40ClNO. The van der Waals surface area contributed by atoms with Gasteiger partial charge in [0.2, 0.25) is 0 Å². The molecule has 0 heterocycles. The van der Waals surface area contributed by atoms with Crippen LogP contribution >= 0.6 is 11.6 Å². The largest absolute Gasteiger partial charge is 0.493 e. The molecule has 1 atom stereocenters. The third kappa shape index (κ3) is 7.31. The fourth-order valence-corrected chi connectivity index (χ4v) is 4.58. The van der Waals surface area contributed by atoms with Crippen molar-refractivity contribution in [1.82, 2.24) is 4.90 Å². The van der Waals surface area contributed by atoms with Crippen LogP contribution < -0.4 is 4.74 Å². The molecule has 0 N–H and O–H groups in total. The van der Waals surface area contributed by atoms with Gasteiger partial charge in [-0.05, 0) is 57.5 Å². The van der Waals surface area contributed by atoms with Gasteiger partial charge in [-0.1, -0.05) is 76.3 Å². The smallest absolute Gasteiger partial charge is 0.122 e. The Labute approximate surface area is 172 Å². The maximum atomic E-state index is 6.54. The third-order valence-electron chi connectivity index (χ3n) is 5.88. The van der Waals surface area contributed by atoms with Crippen molar-refractivity contribution in [2.24, 2.45) is 0 Å². The van der Waals surface area contributed by atoms with Gasteiger partial charge in [0, 0.05) is 16.6 Å². The van der Waals surface area contributed by atoms with E-state index in [1.54, 1.807) is 0 Å². The zero-order chi connectivity index (χ0) is 19.5. The Bertz CT molecular complexity index is 543. The van der Waals surface area contributed by atoms with Gasteiger partial charge in [0.05, 0.1) is 6.61 Å². The minimum Gasteiger partial charge on any atom is -0.493 e. The van der Waals surface area contributed by atoms with Gasteiger partial charge in [0.15, 0.2) is 0 Å². The predicted molar refractivity (Wildman–Crippen MR) is 118 cm³/mol. The lowest BCUT2D eigenvalue weighted by Gasteiger charge is -2.32. The molecule has 0 radical (unpaired) electrons. The first-order valence-corrected chi connectivity index (χ1v) is 11.6. The minimum absolute atomic E-state index is 0.419. The number of ether oxygens (including phenoxy) is 1. The monoisotopic (exact) mass is 393 g/mol. The maximum absolute atomic E-state index is 6.54. The number of fused-ring (bicyclic) bond motifs is 1. The van der Waals surface area contributed by atoms with Gasteiger partial charge in [-0.3, -0.25) is 0 Å². The van der Waals surface area contributed by atoms with Gasteiger partial charge >= 0.3 is 0 Å². The Hall–Kier alpha value is -0.730. The van der Waals surface area contributed by atoms with E-state index in [4.69, 9.17) is 16.3 Å². The van der Waals surface area contributed by atoms with Crippen molar-refractivity contribution in [1.29, 1.82) is 0 Å².